The summed E-state index contributed by atoms with van der Waals surface area (Å²) in [4.78, 5) is 2.61. The Kier molecular flexibility index (Phi) is 7.29. The van der Waals surface area contributed by atoms with E-state index in [9.17, 15) is 0 Å². The third-order valence-electron chi connectivity index (χ3n) is 4.55. The molecule has 0 aromatic carbocycles. The second-order valence-electron chi connectivity index (χ2n) is 5.72. The van der Waals surface area contributed by atoms with E-state index in [2.05, 4.69) is 25.7 Å². The van der Waals surface area contributed by atoms with Crippen molar-refractivity contribution in [2.45, 2.75) is 64.1 Å². The molecule has 1 fully saturated rings. The fourth-order valence-electron chi connectivity index (χ4n) is 3.44. The van der Waals surface area contributed by atoms with Gasteiger partial charge in [0.05, 0.1) is 12.7 Å². The Morgan fingerprint density at radius 2 is 2.11 bits per heavy atom. The highest BCUT2D eigenvalue weighted by molar-refractivity contribution is 4.97. The van der Waals surface area contributed by atoms with E-state index in [-0.39, 0.29) is 5.54 Å². The van der Waals surface area contributed by atoms with Crippen LogP contribution in [0.3, 0.4) is 0 Å². The molecular weight excluding hydrogens is 240 g/mol. The number of methoxy groups -OCH3 is 1. The molecule has 0 amide bonds. The molecule has 4 nitrogen and oxygen atoms in total. The topological polar surface area (TPSA) is 47.7 Å². The number of hydrogen-bond acceptors (Lipinski definition) is 4. The summed E-state index contributed by atoms with van der Waals surface area (Å²) in [6.07, 6.45) is 4.70. The van der Waals surface area contributed by atoms with Gasteiger partial charge in [-0.2, -0.15) is 0 Å². The fourth-order valence-corrected chi connectivity index (χ4v) is 3.44. The van der Waals surface area contributed by atoms with Crippen LogP contribution in [-0.2, 0) is 9.47 Å². The first-order chi connectivity index (χ1) is 9.13. The van der Waals surface area contributed by atoms with E-state index in [0.29, 0.717) is 18.7 Å². The van der Waals surface area contributed by atoms with Gasteiger partial charge in [-0.15, -0.1) is 0 Å². The van der Waals surface area contributed by atoms with E-state index in [1.54, 1.807) is 7.11 Å². The molecule has 0 bridgehead atoms. The van der Waals surface area contributed by atoms with Crippen molar-refractivity contribution in [2.24, 2.45) is 5.73 Å². The molecule has 1 saturated heterocycles. The molecule has 0 radical (unpaired) electrons. The van der Waals surface area contributed by atoms with Crippen molar-refractivity contribution in [2.75, 3.05) is 33.4 Å². The van der Waals surface area contributed by atoms with Gasteiger partial charge in [-0.3, -0.25) is 4.90 Å². The highest BCUT2D eigenvalue weighted by atomic mass is 16.5. The van der Waals surface area contributed by atoms with E-state index >= 15 is 0 Å². The van der Waals surface area contributed by atoms with Gasteiger partial charge in [-0.1, -0.05) is 13.8 Å². The quantitative estimate of drug-likeness (QED) is 0.734. The summed E-state index contributed by atoms with van der Waals surface area (Å²) in [5.41, 5.74) is 6.27. The van der Waals surface area contributed by atoms with E-state index in [1.165, 1.54) is 0 Å². The van der Waals surface area contributed by atoms with E-state index in [1.807, 2.05) is 0 Å². The fraction of sp³-hybridized carbons (Fsp3) is 1.00. The zero-order valence-corrected chi connectivity index (χ0v) is 13.2. The minimum atomic E-state index is 0.0902. The third-order valence-corrected chi connectivity index (χ3v) is 4.55. The summed E-state index contributed by atoms with van der Waals surface area (Å²) < 4.78 is 11.0. The second kappa shape index (κ2) is 8.20. The molecule has 1 heterocycles. The highest BCUT2D eigenvalue weighted by Crippen LogP contribution is 2.33. The number of nitrogens with two attached hydrogens (primary N) is 1. The Morgan fingerprint density at radius 1 is 1.42 bits per heavy atom. The first-order valence-corrected chi connectivity index (χ1v) is 7.70. The predicted molar refractivity (Wildman–Crippen MR) is 79.4 cm³/mol. The standard InChI is InChI=1S/C15H32N2O2/c1-5-14(6-2)17(8-10-18-4)15(12-16)7-9-19-13(3)11-15/h13-14H,5-12,16H2,1-4H3. The third kappa shape index (κ3) is 4.15. The molecule has 2 N–H and O–H groups in total. The van der Waals surface area contributed by atoms with Crippen LogP contribution in [0.1, 0.15) is 46.5 Å². The molecule has 1 aliphatic rings. The van der Waals surface area contributed by atoms with Crippen molar-refractivity contribution in [1.29, 1.82) is 0 Å². The van der Waals surface area contributed by atoms with Crippen LogP contribution in [0, 0.1) is 0 Å². The van der Waals surface area contributed by atoms with Crippen molar-refractivity contribution < 1.29 is 9.47 Å². The van der Waals surface area contributed by atoms with E-state index in [0.717, 1.165) is 45.4 Å². The first-order valence-electron chi connectivity index (χ1n) is 7.70. The van der Waals surface area contributed by atoms with Crippen LogP contribution in [0.5, 0.6) is 0 Å². The maximum atomic E-state index is 6.18. The molecule has 114 valence electrons. The van der Waals surface area contributed by atoms with Gasteiger partial charge in [-0.25, -0.2) is 0 Å². The lowest BCUT2D eigenvalue weighted by atomic mass is 9.83. The monoisotopic (exact) mass is 272 g/mol. The summed E-state index contributed by atoms with van der Waals surface area (Å²) in [6, 6.07) is 0.587. The molecule has 1 rings (SSSR count). The van der Waals surface area contributed by atoms with Crippen LogP contribution in [-0.4, -0.2) is 56.0 Å². The predicted octanol–water partition coefficient (Wildman–Crippen LogP) is 2.02. The molecule has 4 heteroatoms. The van der Waals surface area contributed by atoms with E-state index < -0.39 is 0 Å². The van der Waals surface area contributed by atoms with Crippen LogP contribution in [0.4, 0.5) is 0 Å². The maximum Gasteiger partial charge on any atom is 0.0590 e. The van der Waals surface area contributed by atoms with Crippen LogP contribution in [0.2, 0.25) is 0 Å². The normalized spacial score (nSPS) is 28.3. The van der Waals surface area contributed by atoms with Crippen molar-refractivity contribution in [1.82, 2.24) is 4.90 Å². The SMILES string of the molecule is CCC(CC)N(CCOC)C1(CN)CCOC(C)C1. The summed E-state index contributed by atoms with van der Waals surface area (Å²) in [6.45, 7) is 9.95. The number of nitrogens with zero attached hydrogens (tertiary/aromatic N) is 1. The average Bonchev–Trinajstić information content (AvgIpc) is 2.43. The molecule has 1 aliphatic heterocycles. The Hall–Kier alpha value is -0.160. The van der Waals surface area contributed by atoms with Gasteiger partial charge in [0.25, 0.3) is 0 Å². The van der Waals surface area contributed by atoms with Crippen LogP contribution in [0.25, 0.3) is 0 Å². The lowest BCUT2D eigenvalue weighted by Gasteiger charge is -2.50. The van der Waals surface area contributed by atoms with Crippen molar-refractivity contribution in [3.05, 3.63) is 0 Å². The Balaban J connectivity index is 2.89. The zero-order valence-electron chi connectivity index (χ0n) is 13.2. The van der Waals surface area contributed by atoms with Crippen molar-refractivity contribution in [3.63, 3.8) is 0 Å². The molecule has 0 aliphatic carbocycles. The van der Waals surface area contributed by atoms with Gasteiger partial charge < -0.3 is 15.2 Å². The molecule has 2 atom stereocenters. The molecule has 19 heavy (non-hydrogen) atoms. The largest absolute Gasteiger partial charge is 0.383 e. The zero-order chi connectivity index (χ0) is 14.3. The van der Waals surface area contributed by atoms with Gasteiger partial charge in [0.15, 0.2) is 0 Å². The minimum absolute atomic E-state index is 0.0902. The van der Waals surface area contributed by atoms with Gasteiger partial charge in [0, 0.05) is 38.4 Å². The van der Waals surface area contributed by atoms with Crippen molar-refractivity contribution in [3.8, 4) is 0 Å². The molecular formula is C15H32N2O2. The Morgan fingerprint density at radius 3 is 2.58 bits per heavy atom. The lowest BCUT2D eigenvalue weighted by Crippen LogP contribution is -2.61. The minimum Gasteiger partial charge on any atom is -0.383 e. The highest BCUT2D eigenvalue weighted by Gasteiger charge is 2.41. The summed E-state index contributed by atoms with van der Waals surface area (Å²) in [7, 11) is 1.77. The maximum absolute atomic E-state index is 6.18. The Labute approximate surface area is 118 Å². The van der Waals surface area contributed by atoms with Crippen molar-refractivity contribution >= 4 is 0 Å². The molecule has 2 unspecified atom stereocenters. The molecule has 0 saturated carbocycles. The molecule has 0 spiro atoms. The summed E-state index contributed by atoms with van der Waals surface area (Å²) in [5.74, 6) is 0. The van der Waals surface area contributed by atoms with Gasteiger partial charge in [-0.05, 0) is 32.6 Å². The second-order valence-corrected chi connectivity index (χ2v) is 5.72. The summed E-state index contributed by atoms with van der Waals surface area (Å²) >= 11 is 0. The summed E-state index contributed by atoms with van der Waals surface area (Å²) in [5, 5.41) is 0. The van der Waals surface area contributed by atoms with Crippen LogP contribution in [0.15, 0.2) is 0 Å². The lowest BCUT2D eigenvalue weighted by molar-refractivity contribution is -0.0836. The smallest absolute Gasteiger partial charge is 0.0590 e. The van der Waals surface area contributed by atoms with Gasteiger partial charge in [0.1, 0.15) is 0 Å². The first kappa shape index (κ1) is 16.9. The molecule has 0 aromatic rings. The number of ether oxygens (including phenoxy) is 2. The number of rotatable bonds is 8. The number of hydrogen-bond donors (Lipinski definition) is 1. The van der Waals surface area contributed by atoms with Crippen LogP contribution >= 0.6 is 0 Å². The van der Waals surface area contributed by atoms with Gasteiger partial charge in [0.2, 0.25) is 0 Å². The Bertz CT molecular complexity index is 246. The van der Waals surface area contributed by atoms with Crippen LogP contribution < -0.4 is 5.73 Å². The van der Waals surface area contributed by atoms with E-state index in [4.69, 9.17) is 15.2 Å². The average molecular weight is 272 g/mol. The molecule has 0 aromatic heterocycles. The van der Waals surface area contributed by atoms with Gasteiger partial charge >= 0.3 is 0 Å².